The molecule has 0 saturated carbocycles. The predicted molar refractivity (Wildman–Crippen MR) is 114 cm³/mol. The number of piperidine rings is 1. The van der Waals surface area contributed by atoms with E-state index in [0.29, 0.717) is 23.1 Å². The van der Waals surface area contributed by atoms with Crippen LogP contribution >= 0.6 is 0 Å². The van der Waals surface area contributed by atoms with Gasteiger partial charge in [-0.2, -0.15) is 0 Å². The van der Waals surface area contributed by atoms with Gasteiger partial charge in [0.25, 0.3) is 5.91 Å². The zero-order valence-corrected chi connectivity index (χ0v) is 17.8. The van der Waals surface area contributed by atoms with Crippen molar-refractivity contribution >= 4 is 23.4 Å². The molecule has 1 atom stereocenters. The molecule has 0 aliphatic carbocycles. The number of benzene rings is 1. The molecule has 3 rings (SSSR count). The van der Waals surface area contributed by atoms with Gasteiger partial charge < -0.3 is 0 Å². The molecule has 3 amide bonds. The Bertz CT molecular complexity index is 835. The molecule has 1 unspecified atom stereocenters. The molecular weight excluding hydrogens is 364 g/mol. The summed E-state index contributed by atoms with van der Waals surface area (Å²) in [6.45, 7) is 10.9. The molecule has 0 bridgehead atoms. The van der Waals surface area contributed by atoms with Crippen LogP contribution in [0.25, 0.3) is 5.70 Å². The lowest BCUT2D eigenvalue weighted by Crippen LogP contribution is -2.52. The first-order chi connectivity index (χ1) is 13.7. The molecule has 0 spiro atoms. The van der Waals surface area contributed by atoms with Gasteiger partial charge in [-0.1, -0.05) is 64.8 Å². The Hall–Kier alpha value is -2.43. The number of nitrogens with one attached hydrogen (secondary N) is 1. The topological polar surface area (TPSA) is 66.5 Å². The summed E-state index contributed by atoms with van der Waals surface area (Å²) < 4.78 is 0. The maximum absolute atomic E-state index is 13.2. The fourth-order valence-corrected chi connectivity index (χ4v) is 4.26. The minimum atomic E-state index is -0.662. The number of rotatable bonds is 7. The number of imide groups is 1. The second-order valence-corrected chi connectivity index (χ2v) is 9.40. The van der Waals surface area contributed by atoms with Gasteiger partial charge in [-0.05, 0) is 36.7 Å². The lowest BCUT2D eigenvalue weighted by molar-refractivity contribution is -0.136. The van der Waals surface area contributed by atoms with E-state index in [1.807, 2.05) is 18.2 Å². The number of hydrogen-bond donors (Lipinski definition) is 1. The van der Waals surface area contributed by atoms with Crippen LogP contribution in [0.3, 0.4) is 0 Å². The van der Waals surface area contributed by atoms with Crippen molar-refractivity contribution in [2.45, 2.75) is 78.2 Å². The van der Waals surface area contributed by atoms with Crippen LogP contribution in [0.1, 0.15) is 87.2 Å². The number of unbranched alkanes of at least 4 members (excludes halogenated alkanes) is 3. The quantitative estimate of drug-likeness (QED) is 0.547. The number of nitrogens with zero attached hydrogens (tertiary/aromatic N) is 1. The van der Waals surface area contributed by atoms with Crippen LogP contribution in [0, 0.1) is 5.41 Å². The highest BCUT2D eigenvalue weighted by molar-refractivity contribution is 6.13. The summed E-state index contributed by atoms with van der Waals surface area (Å²) in [5.41, 5.74) is 3.46. The third kappa shape index (κ3) is 4.77. The normalized spacial score (nSPS) is 19.6. The van der Waals surface area contributed by atoms with E-state index in [-0.39, 0.29) is 18.2 Å². The van der Waals surface area contributed by atoms with Gasteiger partial charge >= 0.3 is 0 Å². The molecule has 5 heteroatoms. The zero-order chi connectivity index (χ0) is 21.2. The van der Waals surface area contributed by atoms with E-state index in [2.05, 4.69) is 32.7 Å². The van der Waals surface area contributed by atoms with Crippen molar-refractivity contribution in [1.82, 2.24) is 10.2 Å². The van der Waals surface area contributed by atoms with Gasteiger partial charge in [-0.3, -0.25) is 24.6 Å². The summed E-state index contributed by atoms with van der Waals surface area (Å²) in [6.07, 6.45) is 7.28. The van der Waals surface area contributed by atoms with Crippen molar-refractivity contribution in [2.75, 3.05) is 0 Å². The summed E-state index contributed by atoms with van der Waals surface area (Å²) in [6, 6.07) is 5.20. The molecule has 29 heavy (non-hydrogen) atoms. The highest BCUT2D eigenvalue weighted by atomic mass is 16.2. The zero-order valence-electron chi connectivity index (χ0n) is 17.8. The molecule has 2 aliphatic rings. The lowest BCUT2D eigenvalue weighted by Gasteiger charge is -2.30. The Balaban J connectivity index is 1.65. The Morgan fingerprint density at radius 2 is 1.83 bits per heavy atom. The number of hydrogen-bond acceptors (Lipinski definition) is 3. The van der Waals surface area contributed by atoms with E-state index < -0.39 is 11.9 Å². The van der Waals surface area contributed by atoms with Crippen molar-refractivity contribution < 1.29 is 14.4 Å². The van der Waals surface area contributed by atoms with E-state index >= 15 is 0 Å². The summed E-state index contributed by atoms with van der Waals surface area (Å²) in [4.78, 5) is 38.4. The third-order valence-electron chi connectivity index (χ3n) is 5.83. The van der Waals surface area contributed by atoms with Crippen LogP contribution in [0.2, 0.25) is 0 Å². The fraction of sp³-hybridized carbons (Fsp3) is 0.542. The molecule has 0 aromatic heterocycles. The molecule has 1 N–H and O–H groups in total. The van der Waals surface area contributed by atoms with Gasteiger partial charge in [0.2, 0.25) is 11.8 Å². The highest BCUT2D eigenvalue weighted by Crippen LogP contribution is 2.37. The number of fused-ring (bicyclic) bond motifs is 1. The highest BCUT2D eigenvalue weighted by Gasteiger charge is 2.42. The van der Waals surface area contributed by atoms with Crippen molar-refractivity contribution in [3.8, 4) is 0 Å². The first kappa shape index (κ1) is 21.3. The van der Waals surface area contributed by atoms with Gasteiger partial charge in [0, 0.05) is 17.7 Å². The molecule has 1 fully saturated rings. The van der Waals surface area contributed by atoms with Crippen LogP contribution in [0.4, 0.5) is 0 Å². The van der Waals surface area contributed by atoms with Crippen LogP contribution in [-0.4, -0.2) is 28.7 Å². The van der Waals surface area contributed by atoms with Crippen LogP contribution < -0.4 is 5.32 Å². The predicted octanol–water partition coefficient (Wildman–Crippen LogP) is 4.46. The van der Waals surface area contributed by atoms with E-state index in [1.165, 1.54) is 24.2 Å². The van der Waals surface area contributed by atoms with Crippen molar-refractivity contribution in [3.63, 3.8) is 0 Å². The second-order valence-electron chi connectivity index (χ2n) is 9.40. The van der Waals surface area contributed by atoms with Crippen molar-refractivity contribution in [3.05, 3.63) is 41.5 Å². The van der Waals surface area contributed by atoms with Crippen LogP contribution in [-0.2, 0) is 16.0 Å². The monoisotopic (exact) mass is 396 g/mol. The van der Waals surface area contributed by atoms with Crippen molar-refractivity contribution in [1.29, 1.82) is 0 Å². The SMILES string of the molecule is C=C1c2cccc(CCCCCCC(C)(C)C)c2C(=O)N1C1CCC(=O)NC1=O. The molecule has 5 nitrogen and oxygen atoms in total. The summed E-state index contributed by atoms with van der Waals surface area (Å²) in [5, 5.41) is 2.34. The number of carbonyl (C=O) groups is 3. The van der Waals surface area contributed by atoms with Gasteiger partial charge in [0.15, 0.2) is 0 Å². The van der Waals surface area contributed by atoms with Crippen LogP contribution in [0.15, 0.2) is 24.8 Å². The number of carbonyl (C=O) groups excluding carboxylic acids is 3. The van der Waals surface area contributed by atoms with Crippen molar-refractivity contribution in [2.24, 2.45) is 5.41 Å². The maximum atomic E-state index is 13.2. The minimum Gasteiger partial charge on any atom is -0.296 e. The molecular formula is C24H32N2O3. The maximum Gasteiger partial charge on any atom is 0.259 e. The Morgan fingerprint density at radius 3 is 2.52 bits per heavy atom. The Morgan fingerprint density at radius 1 is 1.10 bits per heavy atom. The van der Waals surface area contributed by atoms with Crippen LogP contribution in [0.5, 0.6) is 0 Å². The fourth-order valence-electron chi connectivity index (χ4n) is 4.26. The van der Waals surface area contributed by atoms with Gasteiger partial charge in [0.1, 0.15) is 6.04 Å². The summed E-state index contributed by atoms with van der Waals surface area (Å²) in [7, 11) is 0. The van der Waals surface area contributed by atoms with Gasteiger partial charge in [-0.15, -0.1) is 0 Å². The first-order valence-corrected chi connectivity index (χ1v) is 10.7. The van der Waals surface area contributed by atoms with E-state index in [9.17, 15) is 14.4 Å². The molecule has 1 aromatic rings. The smallest absolute Gasteiger partial charge is 0.259 e. The molecule has 1 saturated heterocycles. The molecule has 1 aromatic carbocycles. The summed E-state index contributed by atoms with van der Waals surface area (Å²) in [5.74, 6) is -0.861. The second kappa shape index (κ2) is 8.52. The van der Waals surface area contributed by atoms with E-state index in [1.54, 1.807) is 0 Å². The summed E-state index contributed by atoms with van der Waals surface area (Å²) >= 11 is 0. The van der Waals surface area contributed by atoms with Gasteiger partial charge in [-0.25, -0.2) is 0 Å². The van der Waals surface area contributed by atoms with E-state index in [0.717, 1.165) is 30.4 Å². The number of aryl methyl sites for hydroxylation is 1. The molecule has 2 heterocycles. The molecule has 2 aliphatic heterocycles. The molecule has 0 radical (unpaired) electrons. The van der Waals surface area contributed by atoms with Gasteiger partial charge in [0.05, 0.1) is 5.56 Å². The number of amides is 3. The average molecular weight is 397 g/mol. The lowest BCUT2D eigenvalue weighted by atomic mass is 9.89. The largest absolute Gasteiger partial charge is 0.296 e. The minimum absolute atomic E-state index is 0.164. The Labute approximate surface area is 173 Å². The standard InChI is InChI=1S/C24H32N2O3/c1-16-18-12-9-11-17(10-7-5-6-8-15-24(2,3)4)21(18)23(29)26(16)19-13-14-20(27)25-22(19)28/h9,11-12,19H,1,5-8,10,13-15H2,2-4H3,(H,25,27,28). The molecule has 156 valence electrons. The first-order valence-electron chi connectivity index (χ1n) is 10.7. The Kier molecular flexibility index (Phi) is 6.25. The van der Waals surface area contributed by atoms with E-state index in [4.69, 9.17) is 0 Å². The third-order valence-corrected chi connectivity index (χ3v) is 5.83. The average Bonchev–Trinajstić information content (AvgIpc) is 2.89.